The molecule has 1 saturated carbocycles. The SMILES string of the molecule is Fc1ccc(C#CCCl)c(OCCC2CCCC2)c1. The predicted octanol–water partition coefficient (Wildman–Crippen LogP) is 4.38. The quantitative estimate of drug-likeness (QED) is 0.588. The minimum atomic E-state index is -0.299. The highest BCUT2D eigenvalue weighted by Crippen LogP contribution is 2.28. The first-order chi connectivity index (χ1) is 9.29. The fraction of sp³-hybridized carbons (Fsp3) is 0.500. The van der Waals surface area contributed by atoms with Crippen molar-refractivity contribution in [1.29, 1.82) is 0 Å². The molecule has 3 heteroatoms. The molecule has 0 unspecified atom stereocenters. The van der Waals surface area contributed by atoms with Gasteiger partial charge in [-0.2, -0.15) is 0 Å². The van der Waals surface area contributed by atoms with Crippen LogP contribution < -0.4 is 4.74 Å². The Bertz CT molecular complexity index is 469. The molecule has 0 N–H and O–H groups in total. The van der Waals surface area contributed by atoms with Crippen LogP contribution in [0.2, 0.25) is 0 Å². The maximum absolute atomic E-state index is 13.2. The van der Waals surface area contributed by atoms with Gasteiger partial charge in [0.15, 0.2) is 0 Å². The van der Waals surface area contributed by atoms with Crippen molar-refractivity contribution in [3.63, 3.8) is 0 Å². The molecule has 0 bridgehead atoms. The third-order valence-corrected chi connectivity index (χ3v) is 3.63. The summed E-state index contributed by atoms with van der Waals surface area (Å²) in [4.78, 5) is 0. The number of halogens is 2. The molecule has 1 fully saturated rings. The van der Waals surface area contributed by atoms with Gasteiger partial charge in [-0.05, 0) is 24.5 Å². The van der Waals surface area contributed by atoms with Gasteiger partial charge in [-0.3, -0.25) is 0 Å². The van der Waals surface area contributed by atoms with Gasteiger partial charge in [0.05, 0.1) is 18.1 Å². The summed E-state index contributed by atoms with van der Waals surface area (Å²) >= 11 is 5.54. The molecule has 0 atom stereocenters. The van der Waals surface area contributed by atoms with Crippen molar-refractivity contribution < 1.29 is 9.13 Å². The summed E-state index contributed by atoms with van der Waals surface area (Å²) < 4.78 is 18.9. The molecule has 102 valence electrons. The van der Waals surface area contributed by atoms with Crippen molar-refractivity contribution in [2.24, 2.45) is 5.92 Å². The van der Waals surface area contributed by atoms with E-state index in [1.165, 1.54) is 37.8 Å². The highest BCUT2D eigenvalue weighted by atomic mass is 35.5. The van der Waals surface area contributed by atoms with Crippen LogP contribution in [-0.4, -0.2) is 12.5 Å². The summed E-state index contributed by atoms with van der Waals surface area (Å²) in [6.45, 7) is 0.629. The van der Waals surface area contributed by atoms with Crippen LogP contribution >= 0.6 is 11.6 Å². The molecule has 0 amide bonds. The molecule has 19 heavy (non-hydrogen) atoms. The maximum Gasteiger partial charge on any atom is 0.137 e. The summed E-state index contributed by atoms with van der Waals surface area (Å²) in [5, 5.41) is 0. The van der Waals surface area contributed by atoms with E-state index in [9.17, 15) is 4.39 Å². The lowest BCUT2D eigenvalue weighted by Crippen LogP contribution is -2.05. The maximum atomic E-state index is 13.2. The van der Waals surface area contributed by atoms with Crippen molar-refractivity contribution in [3.8, 4) is 17.6 Å². The monoisotopic (exact) mass is 280 g/mol. The molecule has 1 nitrogen and oxygen atoms in total. The van der Waals surface area contributed by atoms with Gasteiger partial charge in [0.1, 0.15) is 11.6 Å². The van der Waals surface area contributed by atoms with Crippen molar-refractivity contribution in [2.75, 3.05) is 12.5 Å². The van der Waals surface area contributed by atoms with Gasteiger partial charge in [-0.1, -0.05) is 37.5 Å². The normalized spacial score (nSPS) is 15.1. The van der Waals surface area contributed by atoms with E-state index < -0.39 is 0 Å². The van der Waals surface area contributed by atoms with Crippen molar-refractivity contribution in [2.45, 2.75) is 32.1 Å². The van der Waals surface area contributed by atoms with E-state index in [2.05, 4.69) is 11.8 Å². The van der Waals surface area contributed by atoms with Gasteiger partial charge in [-0.15, -0.1) is 11.6 Å². The minimum Gasteiger partial charge on any atom is -0.492 e. The van der Waals surface area contributed by atoms with Gasteiger partial charge < -0.3 is 4.74 Å². The Morgan fingerprint density at radius 1 is 1.32 bits per heavy atom. The third kappa shape index (κ3) is 4.44. The van der Waals surface area contributed by atoms with E-state index in [-0.39, 0.29) is 11.7 Å². The van der Waals surface area contributed by atoms with E-state index >= 15 is 0 Å². The number of ether oxygens (including phenoxy) is 1. The summed E-state index contributed by atoms with van der Waals surface area (Å²) in [5.41, 5.74) is 0.702. The van der Waals surface area contributed by atoms with Crippen LogP contribution in [0.15, 0.2) is 18.2 Å². The number of alkyl halides is 1. The molecule has 1 aliphatic carbocycles. The van der Waals surface area contributed by atoms with E-state index in [0.717, 1.165) is 12.3 Å². The lowest BCUT2D eigenvalue weighted by atomic mass is 10.1. The standard InChI is InChI=1S/C16H18ClFO/c17-10-3-6-14-7-8-15(18)12-16(14)19-11-9-13-4-1-2-5-13/h7-8,12-13H,1-2,4-5,9-11H2. The average molecular weight is 281 g/mol. The van der Waals surface area contributed by atoms with Gasteiger partial charge in [0, 0.05) is 6.07 Å². The topological polar surface area (TPSA) is 9.23 Å². The number of rotatable bonds is 4. The Morgan fingerprint density at radius 3 is 2.84 bits per heavy atom. The van der Waals surface area contributed by atoms with E-state index in [1.54, 1.807) is 6.07 Å². The number of benzene rings is 1. The first-order valence-electron chi connectivity index (χ1n) is 6.77. The largest absolute Gasteiger partial charge is 0.492 e. The predicted molar refractivity (Wildman–Crippen MR) is 76.1 cm³/mol. The zero-order chi connectivity index (χ0) is 13.5. The Balaban J connectivity index is 1.95. The highest BCUT2D eigenvalue weighted by Gasteiger charge is 2.15. The van der Waals surface area contributed by atoms with Crippen molar-refractivity contribution in [3.05, 3.63) is 29.6 Å². The Morgan fingerprint density at radius 2 is 2.11 bits per heavy atom. The molecule has 1 aromatic rings. The molecule has 2 rings (SSSR count). The summed E-state index contributed by atoms with van der Waals surface area (Å²) in [6, 6.07) is 4.43. The average Bonchev–Trinajstić information content (AvgIpc) is 2.91. The van der Waals surface area contributed by atoms with Crippen LogP contribution in [0, 0.1) is 23.6 Å². The lowest BCUT2D eigenvalue weighted by molar-refractivity contribution is 0.277. The van der Waals surface area contributed by atoms with E-state index in [4.69, 9.17) is 16.3 Å². The molecule has 0 spiro atoms. The first-order valence-corrected chi connectivity index (χ1v) is 7.30. The summed E-state index contributed by atoms with van der Waals surface area (Å²) in [5.74, 6) is 6.92. The van der Waals surface area contributed by atoms with Crippen LogP contribution in [0.25, 0.3) is 0 Å². The smallest absolute Gasteiger partial charge is 0.137 e. The molecule has 1 aromatic carbocycles. The molecule has 0 aliphatic heterocycles. The van der Waals surface area contributed by atoms with Gasteiger partial charge in [0.2, 0.25) is 0 Å². The zero-order valence-electron chi connectivity index (χ0n) is 10.9. The molecule has 0 aromatic heterocycles. The lowest BCUT2D eigenvalue weighted by Gasteiger charge is -2.11. The molecular weight excluding hydrogens is 263 g/mol. The van der Waals surface area contributed by atoms with Gasteiger partial charge in [0.25, 0.3) is 0 Å². The number of hydrogen-bond acceptors (Lipinski definition) is 1. The Hall–Kier alpha value is -1.20. The van der Waals surface area contributed by atoms with Crippen molar-refractivity contribution >= 4 is 11.6 Å². The Labute approximate surface area is 119 Å². The minimum absolute atomic E-state index is 0.263. The summed E-state index contributed by atoms with van der Waals surface area (Å²) in [6.07, 6.45) is 6.30. The molecular formula is C16H18ClFO. The fourth-order valence-corrected chi connectivity index (χ4v) is 2.55. The number of hydrogen-bond donors (Lipinski definition) is 0. The van der Waals surface area contributed by atoms with Crippen LogP contribution in [0.1, 0.15) is 37.7 Å². The molecule has 1 aliphatic rings. The third-order valence-electron chi connectivity index (χ3n) is 3.49. The molecule has 0 heterocycles. The van der Waals surface area contributed by atoms with Crippen LogP contribution in [0.3, 0.4) is 0 Å². The second kappa shape index (κ2) is 7.40. The molecule has 0 radical (unpaired) electrons. The highest BCUT2D eigenvalue weighted by molar-refractivity contribution is 6.19. The van der Waals surface area contributed by atoms with Gasteiger partial charge in [-0.25, -0.2) is 4.39 Å². The van der Waals surface area contributed by atoms with E-state index in [1.807, 2.05) is 0 Å². The van der Waals surface area contributed by atoms with Gasteiger partial charge >= 0.3 is 0 Å². The zero-order valence-corrected chi connectivity index (χ0v) is 11.7. The van der Waals surface area contributed by atoms with E-state index in [0.29, 0.717) is 17.9 Å². The first kappa shape index (κ1) is 14.2. The summed E-state index contributed by atoms with van der Waals surface area (Å²) in [7, 11) is 0. The second-order valence-corrected chi connectivity index (χ2v) is 5.13. The van der Waals surface area contributed by atoms with Crippen molar-refractivity contribution in [1.82, 2.24) is 0 Å². The Kier molecular flexibility index (Phi) is 5.54. The molecule has 0 saturated heterocycles. The van der Waals surface area contributed by atoms with Crippen LogP contribution in [0.5, 0.6) is 5.75 Å². The fourth-order valence-electron chi connectivity index (χ4n) is 2.48. The van der Waals surface area contributed by atoms with Crippen LogP contribution in [0.4, 0.5) is 4.39 Å². The second-order valence-electron chi connectivity index (χ2n) is 4.86. The van der Waals surface area contributed by atoms with Crippen LogP contribution in [-0.2, 0) is 0 Å².